The lowest BCUT2D eigenvalue weighted by Crippen LogP contribution is -2.24. The van der Waals surface area contributed by atoms with Gasteiger partial charge in [-0.2, -0.15) is 5.10 Å². The van der Waals surface area contributed by atoms with E-state index in [1.54, 1.807) is 29.1 Å². The van der Waals surface area contributed by atoms with Crippen molar-refractivity contribution >= 4 is 33.4 Å². The number of aromatic nitrogens is 2. The first-order valence-corrected chi connectivity index (χ1v) is 6.45. The summed E-state index contributed by atoms with van der Waals surface area (Å²) in [5.74, 6) is -0.161. The third-order valence-corrected chi connectivity index (χ3v) is 3.77. The van der Waals surface area contributed by atoms with Gasteiger partial charge in [-0.05, 0) is 40.2 Å². The lowest BCUT2D eigenvalue weighted by atomic mass is 10.2. The van der Waals surface area contributed by atoms with Crippen LogP contribution in [0.5, 0.6) is 0 Å². The molecule has 0 saturated carbocycles. The van der Waals surface area contributed by atoms with Crippen molar-refractivity contribution in [2.24, 2.45) is 7.05 Å². The Morgan fingerprint density at radius 1 is 1.50 bits per heavy atom. The summed E-state index contributed by atoms with van der Waals surface area (Å²) in [7, 11) is 1.83. The van der Waals surface area contributed by atoms with Gasteiger partial charge >= 0.3 is 0 Å². The predicted octanol–water partition coefficient (Wildman–Crippen LogP) is 2.77. The molecule has 1 aromatic heterocycles. The number of nitrogens with zero attached hydrogens (tertiary/aromatic N) is 2. The molecule has 0 atom stereocenters. The van der Waals surface area contributed by atoms with E-state index >= 15 is 0 Å². The van der Waals surface area contributed by atoms with Crippen LogP contribution in [0.3, 0.4) is 0 Å². The lowest BCUT2D eigenvalue weighted by molar-refractivity contribution is 0.0950. The summed E-state index contributed by atoms with van der Waals surface area (Å²) >= 11 is 9.23. The van der Waals surface area contributed by atoms with E-state index in [4.69, 9.17) is 11.6 Å². The molecule has 0 saturated heterocycles. The second-order valence-electron chi connectivity index (χ2n) is 3.76. The van der Waals surface area contributed by atoms with E-state index in [9.17, 15) is 4.79 Å². The topological polar surface area (TPSA) is 46.9 Å². The van der Waals surface area contributed by atoms with Crippen molar-refractivity contribution in [1.29, 1.82) is 0 Å². The highest BCUT2D eigenvalue weighted by atomic mass is 79.9. The van der Waals surface area contributed by atoms with Gasteiger partial charge in [0.25, 0.3) is 5.91 Å². The van der Waals surface area contributed by atoms with Crippen molar-refractivity contribution in [3.8, 4) is 0 Å². The average molecular weight is 329 g/mol. The van der Waals surface area contributed by atoms with E-state index in [-0.39, 0.29) is 5.91 Å². The van der Waals surface area contributed by atoms with E-state index in [1.165, 1.54) is 0 Å². The molecule has 18 heavy (non-hydrogen) atoms. The van der Waals surface area contributed by atoms with Gasteiger partial charge in [0.05, 0.1) is 17.3 Å². The molecule has 1 heterocycles. The van der Waals surface area contributed by atoms with Crippen molar-refractivity contribution < 1.29 is 4.79 Å². The Hall–Kier alpha value is -1.33. The summed E-state index contributed by atoms with van der Waals surface area (Å²) < 4.78 is 2.49. The molecular weight excluding hydrogens is 318 g/mol. The molecule has 1 N–H and O–H groups in total. The molecule has 0 aliphatic rings. The third kappa shape index (κ3) is 2.91. The van der Waals surface area contributed by atoms with E-state index in [0.29, 0.717) is 17.1 Å². The van der Waals surface area contributed by atoms with Gasteiger partial charge in [-0.3, -0.25) is 9.48 Å². The van der Waals surface area contributed by atoms with Gasteiger partial charge < -0.3 is 5.32 Å². The number of carbonyl (C=O) groups is 1. The number of hydrogen-bond acceptors (Lipinski definition) is 2. The van der Waals surface area contributed by atoms with Crippen molar-refractivity contribution in [1.82, 2.24) is 15.1 Å². The summed E-state index contributed by atoms with van der Waals surface area (Å²) in [6, 6.07) is 6.95. The molecule has 0 aliphatic carbocycles. The molecule has 0 spiro atoms. The molecule has 1 aromatic carbocycles. The van der Waals surface area contributed by atoms with Gasteiger partial charge in [0.2, 0.25) is 0 Å². The summed E-state index contributed by atoms with van der Waals surface area (Å²) in [6.45, 7) is 0.434. The molecule has 2 rings (SSSR count). The van der Waals surface area contributed by atoms with Crippen LogP contribution in [0.4, 0.5) is 0 Å². The summed E-state index contributed by atoms with van der Waals surface area (Å²) in [4.78, 5) is 11.9. The van der Waals surface area contributed by atoms with Crippen molar-refractivity contribution in [2.75, 3.05) is 0 Å². The van der Waals surface area contributed by atoms with Crippen molar-refractivity contribution in [3.63, 3.8) is 0 Å². The zero-order chi connectivity index (χ0) is 13.1. The number of nitrogens with one attached hydrogen (secondary N) is 1. The summed E-state index contributed by atoms with van der Waals surface area (Å²) in [5, 5.41) is 7.36. The van der Waals surface area contributed by atoms with Gasteiger partial charge in [-0.1, -0.05) is 11.6 Å². The molecular formula is C12H11BrClN3O. The van der Waals surface area contributed by atoms with Gasteiger partial charge in [0, 0.05) is 23.3 Å². The molecule has 4 nitrogen and oxygen atoms in total. The molecule has 2 aromatic rings. The maximum atomic E-state index is 11.9. The van der Waals surface area contributed by atoms with Crippen LogP contribution in [0.1, 0.15) is 16.1 Å². The summed E-state index contributed by atoms with van der Waals surface area (Å²) in [6.07, 6.45) is 1.69. The molecule has 0 aliphatic heterocycles. The standard InChI is InChI=1S/C12H11BrClN3O/c1-17-9(4-5-16-17)7-15-12(18)8-2-3-10(13)11(14)6-8/h2-6H,7H2,1H3,(H,15,18). The van der Waals surface area contributed by atoms with E-state index < -0.39 is 0 Å². The first kappa shape index (κ1) is 13.1. The average Bonchev–Trinajstić information content (AvgIpc) is 2.75. The lowest BCUT2D eigenvalue weighted by Gasteiger charge is -2.06. The van der Waals surface area contributed by atoms with Crippen LogP contribution >= 0.6 is 27.5 Å². The maximum absolute atomic E-state index is 11.9. The highest BCUT2D eigenvalue weighted by molar-refractivity contribution is 9.10. The Morgan fingerprint density at radius 3 is 2.89 bits per heavy atom. The Balaban J connectivity index is 2.04. The van der Waals surface area contributed by atoms with E-state index in [2.05, 4.69) is 26.3 Å². The fraction of sp³-hybridized carbons (Fsp3) is 0.167. The normalized spacial score (nSPS) is 10.4. The fourth-order valence-electron chi connectivity index (χ4n) is 1.49. The van der Waals surface area contributed by atoms with Gasteiger partial charge in [-0.25, -0.2) is 0 Å². The molecule has 0 fully saturated rings. The highest BCUT2D eigenvalue weighted by Crippen LogP contribution is 2.23. The minimum absolute atomic E-state index is 0.161. The Bertz CT molecular complexity index is 582. The SMILES string of the molecule is Cn1nccc1CNC(=O)c1ccc(Br)c(Cl)c1. The Kier molecular flexibility index (Phi) is 4.04. The first-order valence-electron chi connectivity index (χ1n) is 5.28. The number of halogens is 2. The molecule has 0 unspecified atom stereocenters. The van der Waals surface area contributed by atoms with Crippen LogP contribution in [0, 0.1) is 0 Å². The second-order valence-corrected chi connectivity index (χ2v) is 5.02. The minimum atomic E-state index is -0.161. The zero-order valence-corrected chi connectivity index (χ0v) is 12.0. The largest absolute Gasteiger partial charge is 0.346 e. The number of hydrogen-bond donors (Lipinski definition) is 1. The monoisotopic (exact) mass is 327 g/mol. The molecule has 6 heteroatoms. The Morgan fingerprint density at radius 2 is 2.28 bits per heavy atom. The number of aryl methyl sites for hydroxylation is 1. The number of carbonyl (C=O) groups excluding carboxylic acids is 1. The minimum Gasteiger partial charge on any atom is -0.346 e. The summed E-state index contributed by atoms with van der Waals surface area (Å²) in [5.41, 5.74) is 1.47. The maximum Gasteiger partial charge on any atom is 0.251 e. The van der Waals surface area contributed by atoms with Crippen molar-refractivity contribution in [2.45, 2.75) is 6.54 Å². The Labute approximate surface area is 118 Å². The number of amides is 1. The van der Waals surface area contributed by atoms with Gasteiger partial charge in [-0.15, -0.1) is 0 Å². The van der Waals surface area contributed by atoms with Crippen molar-refractivity contribution in [3.05, 3.63) is 51.2 Å². The van der Waals surface area contributed by atoms with Gasteiger partial charge in [0.15, 0.2) is 0 Å². The number of rotatable bonds is 3. The second kappa shape index (κ2) is 5.54. The predicted molar refractivity (Wildman–Crippen MR) is 73.5 cm³/mol. The molecule has 0 bridgehead atoms. The quantitative estimate of drug-likeness (QED) is 0.942. The zero-order valence-electron chi connectivity index (χ0n) is 9.65. The van der Waals surface area contributed by atoms with E-state index in [0.717, 1.165) is 10.2 Å². The van der Waals surface area contributed by atoms with Crippen LogP contribution in [0.25, 0.3) is 0 Å². The van der Waals surface area contributed by atoms with Crippen LogP contribution in [0.2, 0.25) is 5.02 Å². The number of benzene rings is 1. The smallest absolute Gasteiger partial charge is 0.251 e. The molecule has 0 radical (unpaired) electrons. The van der Waals surface area contributed by atoms with Crippen LogP contribution in [-0.4, -0.2) is 15.7 Å². The first-order chi connectivity index (χ1) is 8.58. The highest BCUT2D eigenvalue weighted by Gasteiger charge is 2.08. The van der Waals surface area contributed by atoms with E-state index in [1.807, 2.05) is 13.1 Å². The van der Waals surface area contributed by atoms with Crippen LogP contribution < -0.4 is 5.32 Å². The van der Waals surface area contributed by atoms with Crippen LogP contribution in [0.15, 0.2) is 34.9 Å². The van der Waals surface area contributed by atoms with Gasteiger partial charge in [0.1, 0.15) is 0 Å². The van der Waals surface area contributed by atoms with Crippen LogP contribution in [-0.2, 0) is 13.6 Å². The third-order valence-electron chi connectivity index (χ3n) is 2.53. The fourth-order valence-corrected chi connectivity index (χ4v) is 1.91. The molecule has 1 amide bonds. The molecule has 94 valence electrons.